The van der Waals surface area contributed by atoms with E-state index in [9.17, 15) is 10.1 Å². The topological polar surface area (TPSA) is 85.0 Å². The smallest absolute Gasteiger partial charge is 0.270 e. The number of H-pyrrole nitrogens is 1. The number of aromatic amines is 1. The monoisotopic (exact) mass is 269 g/mol. The molecule has 0 aliphatic carbocycles. The van der Waals surface area contributed by atoms with Crippen molar-refractivity contribution in [1.29, 1.82) is 0 Å². The summed E-state index contributed by atoms with van der Waals surface area (Å²) in [5, 5.41) is 10.9. The van der Waals surface area contributed by atoms with Gasteiger partial charge in [-0.05, 0) is 17.7 Å². The van der Waals surface area contributed by atoms with Gasteiger partial charge in [-0.15, -0.1) is 0 Å². The minimum absolute atomic E-state index is 0.0413. The predicted molar refractivity (Wildman–Crippen MR) is 72.2 cm³/mol. The number of rotatable bonds is 4. The summed E-state index contributed by atoms with van der Waals surface area (Å²) in [5.74, 6) is 1.40. The Morgan fingerprint density at radius 3 is 2.90 bits per heavy atom. The third-order valence-electron chi connectivity index (χ3n) is 3.00. The largest absolute Gasteiger partial charge is 0.464 e. The van der Waals surface area contributed by atoms with Crippen LogP contribution in [0.5, 0.6) is 0 Å². The highest BCUT2D eigenvalue weighted by Crippen LogP contribution is 2.29. The summed E-state index contributed by atoms with van der Waals surface area (Å²) in [6.45, 7) is 0. The summed E-state index contributed by atoms with van der Waals surface area (Å²) in [5.41, 5.74) is 1.67. The molecule has 0 bridgehead atoms. The van der Waals surface area contributed by atoms with Gasteiger partial charge in [-0.3, -0.25) is 10.1 Å². The number of nitrogens with zero attached hydrogens (tertiary/aromatic N) is 2. The molecule has 0 saturated heterocycles. The SMILES string of the molecule is O=[N+]([O-])c1ccc(Cc2ncc[nH]2)c(-c2ccco2)c1. The zero-order valence-electron chi connectivity index (χ0n) is 10.4. The first kappa shape index (κ1) is 12.2. The maximum Gasteiger partial charge on any atom is 0.270 e. The first-order valence-electron chi connectivity index (χ1n) is 6.03. The van der Waals surface area contributed by atoms with Crippen molar-refractivity contribution in [3.05, 3.63) is 70.5 Å². The third-order valence-corrected chi connectivity index (χ3v) is 3.00. The van der Waals surface area contributed by atoms with Crippen LogP contribution in [0.1, 0.15) is 11.4 Å². The summed E-state index contributed by atoms with van der Waals surface area (Å²) in [7, 11) is 0. The Kier molecular flexibility index (Phi) is 3.04. The van der Waals surface area contributed by atoms with E-state index in [-0.39, 0.29) is 5.69 Å². The fraction of sp³-hybridized carbons (Fsp3) is 0.0714. The van der Waals surface area contributed by atoms with E-state index in [1.165, 1.54) is 12.1 Å². The van der Waals surface area contributed by atoms with E-state index >= 15 is 0 Å². The van der Waals surface area contributed by atoms with Crippen molar-refractivity contribution in [1.82, 2.24) is 9.97 Å². The second-order valence-electron chi connectivity index (χ2n) is 4.29. The van der Waals surface area contributed by atoms with Crippen LogP contribution >= 0.6 is 0 Å². The van der Waals surface area contributed by atoms with Crippen LogP contribution in [0.4, 0.5) is 5.69 Å². The summed E-state index contributed by atoms with van der Waals surface area (Å²) in [4.78, 5) is 17.7. The molecule has 0 spiro atoms. The molecule has 0 aliphatic rings. The van der Waals surface area contributed by atoms with Gasteiger partial charge in [0.25, 0.3) is 5.69 Å². The molecule has 1 N–H and O–H groups in total. The van der Waals surface area contributed by atoms with E-state index in [0.717, 1.165) is 11.4 Å². The normalized spacial score (nSPS) is 10.6. The van der Waals surface area contributed by atoms with Crippen LogP contribution in [-0.2, 0) is 6.42 Å². The van der Waals surface area contributed by atoms with Gasteiger partial charge in [0.2, 0.25) is 0 Å². The molecule has 6 nitrogen and oxygen atoms in total. The minimum Gasteiger partial charge on any atom is -0.464 e. The van der Waals surface area contributed by atoms with Crippen LogP contribution in [-0.4, -0.2) is 14.9 Å². The van der Waals surface area contributed by atoms with E-state index < -0.39 is 4.92 Å². The van der Waals surface area contributed by atoms with Gasteiger partial charge >= 0.3 is 0 Å². The Balaban J connectivity index is 2.06. The quantitative estimate of drug-likeness (QED) is 0.582. The minimum atomic E-state index is -0.414. The van der Waals surface area contributed by atoms with Crippen molar-refractivity contribution < 1.29 is 9.34 Å². The van der Waals surface area contributed by atoms with Crippen LogP contribution in [0.3, 0.4) is 0 Å². The standard InChI is InChI=1S/C14H11N3O3/c18-17(19)11-4-3-10(8-14-15-5-6-16-14)12(9-11)13-2-1-7-20-13/h1-7,9H,8H2,(H,15,16). The van der Waals surface area contributed by atoms with E-state index in [1.807, 2.05) is 0 Å². The summed E-state index contributed by atoms with van der Waals surface area (Å²) >= 11 is 0. The molecule has 0 atom stereocenters. The molecule has 0 radical (unpaired) electrons. The highest BCUT2D eigenvalue weighted by Gasteiger charge is 2.15. The molecule has 0 unspecified atom stereocenters. The number of nitro benzene ring substituents is 1. The van der Waals surface area contributed by atoms with E-state index in [0.29, 0.717) is 17.7 Å². The molecule has 100 valence electrons. The zero-order valence-corrected chi connectivity index (χ0v) is 10.4. The number of furan rings is 1. The Morgan fingerprint density at radius 2 is 2.25 bits per heavy atom. The maximum absolute atomic E-state index is 10.9. The second-order valence-corrected chi connectivity index (χ2v) is 4.29. The lowest BCUT2D eigenvalue weighted by Gasteiger charge is -2.06. The van der Waals surface area contributed by atoms with Gasteiger partial charge in [-0.1, -0.05) is 6.07 Å². The highest BCUT2D eigenvalue weighted by atomic mass is 16.6. The number of benzene rings is 1. The molecule has 2 heterocycles. The van der Waals surface area contributed by atoms with Crippen molar-refractivity contribution in [3.8, 4) is 11.3 Å². The van der Waals surface area contributed by atoms with Crippen molar-refractivity contribution in [2.24, 2.45) is 0 Å². The molecule has 20 heavy (non-hydrogen) atoms. The third kappa shape index (κ3) is 2.31. The van der Waals surface area contributed by atoms with Gasteiger partial charge in [-0.2, -0.15) is 0 Å². The average molecular weight is 269 g/mol. The summed E-state index contributed by atoms with van der Waals surface area (Å²) in [6, 6.07) is 8.29. The number of imidazole rings is 1. The average Bonchev–Trinajstić information content (AvgIpc) is 3.11. The first-order valence-corrected chi connectivity index (χ1v) is 6.03. The highest BCUT2D eigenvalue weighted by molar-refractivity contribution is 5.66. The summed E-state index contributed by atoms with van der Waals surface area (Å²) < 4.78 is 5.36. The molecular formula is C14H11N3O3. The van der Waals surface area contributed by atoms with Crippen LogP contribution < -0.4 is 0 Å². The van der Waals surface area contributed by atoms with E-state index in [1.54, 1.807) is 36.9 Å². The fourth-order valence-electron chi connectivity index (χ4n) is 2.07. The van der Waals surface area contributed by atoms with E-state index in [4.69, 9.17) is 4.42 Å². The second kappa shape index (κ2) is 5.00. The Hall–Kier alpha value is -2.89. The number of non-ortho nitro benzene ring substituents is 1. The van der Waals surface area contributed by atoms with Gasteiger partial charge in [-0.25, -0.2) is 4.98 Å². The van der Waals surface area contributed by atoms with Gasteiger partial charge < -0.3 is 9.40 Å². The molecule has 0 saturated carbocycles. The van der Waals surface area contributed by atoms with Crippen molar-refractivity contribution >= 4 is 5.69 Å². The molecule has 0 fully saturated rings. The molecule has 0 aliphatic heterocycles. The molecular weight excluding hydrogens is 258 g/mol. The number of nitro groups is 1. The Bertz CT molecular complexity index is 718. The van der Waals surface area contributed by atoms with Gasteiger partial charge in [0, 0.05) is 36.5 Å². The fourth-order valence-corrected chi connectivity index (χ4v) is 2.07. The molecule has 0 amide bonds. The van der Waals surface area contributed by atoms with Crippen LogP contribution in [0.15, 0.2) is 53.4 Å². The number of hydrogen-bond donors (Lipinski definition) is 1. The molecule has 2 aromatic heterocycles. The predicted octanol–water partition coefficient (Wildman–Crippen LogP) is 3.17. The molecule has 1 aromatic carbocycles. The van der Waals surface area contributed by atoms with Crippen LogP contribution in [0.2, 0.25) is 0 Å². The summed E-state index contributed by atoms with van der Waals surface area (Å²) in [6.07, 6.45) is 5.52. The molecule has 3 aromatic rings. The van der Waals surface area contributed by atoms with Crippen LogP contribution in [0, 0.1) is 10.1 Å². The lowest BCUT2D eigenvalue weighted by Crippen LogP contribution is -1.96. The lowest BCUT2D eigenvalue weighted by molar-refractivity contribution is -0.384. The molecule has 6 heteroatoms. The first-order chi connectivity index (χ1) is 9.74. The van der Waals surface area contributed by atoms with Gasteiger partial charge in [0.1, 0.15) is 11.6 Å². The Labute approximate surface area is 114 Å². The van der Waals surface area contributed by atoms with Crippen LogP contribution in [0.25, 0.3) is 11.3 Å². The Morgan fingerprint density at radius 1 is 1.35 bits per heavy atom. The van der Waals surface area contributed by atoms with Crippen molar-refractivity contribution in [2.45, 2.75) is 6.42 Å². The van der Waals surface area contributed by atoms with Gasteiger partial charge in [0.05, 0.1) is 11.2 Å². The lowest BCUT2D eigenvalue weighted by atomic mass is 10.0. The maximum atomic E-state index is 10.9. The van der Waals surface area contributed by atoms with E-state index in [2.05, 4.69) is 9.97 Å². The van der Waals surface area contributed by atoms with Gasteiger partial charge in [0.15, 0.2) is 0 Å². The number of nitrogens with one attached hydrogen (secondary N) is 1. The van der Waals surface area contributed by atoms with Crippen molar-refractivity contribution in [3.63, 3.8) is 0 Å². The zero-order chi connectivity index (χ0) is 13.9. The van der Waals surface area contributed by atoms with Crippen molar-refractivity contribution in [2.75, 3.05) is 0 Å². The number of hydrogen-bond acceptors (Lipinski definition) is 4. The number of aromatic nitrogens is 2. The molecule has 3 rings (SSSR count).